The second-order valence-corrected chi connectivity index (χ2v) is 10.7. The largest absolute Gasteiger partial charge is 0.481 e. The van der Waals surface area contributed by atoms with Gasteiger partial charge in [0, 0.05) is 49.4 Å². The van der Waals surface area contributed by atoms with Crippen LogP contribution in [0, 0.1) is 13.8 Å². The quantitative estimate of drug-likeness (QED) is 0.343. The fraction of sp³-hybridized carbons (Fsp3) is 0.438. The SMILES string of the molecule is CCC[C@@H](C(=O)N[C@@H](CC(=O)O)c1cncc(-c2c(C)cccc2C)c1)n1cccc(CCN2CCOCC2)c1=O. The number of aromatic nitrogens is 2. The molecule has 0 bridgehead atoms. The summed E-state index contributed by atoms with van der Waals surface area (Å²) in [5, 5.41) is 12.6. The number of aryl methyl sites for hydroxylation is 2. The predicted molar refractivity (Wildman–Crippen MR) is 158 cm³/mol. The summed E-state index contributed by atoms with van der Waals surface area (Å²) in [5.41, 5.74) is 5.12. The first-order chi connectivity index (χ1) is 19.8. The Kier molecular flexibility index (Phi) is 10.4. The van der Waals surface area contributed by atoms with Crippen molar-refractivity contribution in [2.75, 3.05) is 32.8 Å². The van der Waals surface area contributed by atoms with E-state index in [-0.39, 0.29) is 17.9 Å². The summed E-state index contributed by atoms with van der Waals surface area (Å²) in [7, 11) is 0. The zero-order valence-corrected chi connectivity index (χ0v) is 24.1. The van der Waals surface area contributed by atoms with E-state index in [0.717, 1.165) is 41.9 Å². The van der Waals surface area contributed by atoms with Gasteiger partial charge in [-0.2, -0.15) is 0 Å². The van der Waals surface area contributed by atoms with Gasteiger partial charge in [-0.1, -0.05) is 37.6 Å². The van der Waals surface area contributed by atoms with Gasteiger partial charge in [-0.05, 0) is 61.1 Å². The van der Waals surface area contributed by atoms with Gasteiger partial charge in [0.05, 0.1) is 25.7 Å². The van der Waals surface area contributed by atoms with Gasteiger partial charge in [-0.15, -0.1) is 0 Å². The monoisotopic (exact) mass is 560 g/mol. The normalized spacial score (nSPS) is 15.3. The zero-order valence-electron chi connectivity index (χ0n) is 24.1. The molecular weight excluding hydrogens is 520 g/mol. The topological polar surface area (TPSA) is 114 Å². The fourth-order valence-electron chi connectivity index (χ4n) is 5.52. The van der Waals surface area contributed by atoms with E-state index in [4.69, 9.17) is 4.74 Å². The lowest BCUT2D eigenvalue weighted by Gasteiger charge is -2.27. The van der Waals surface area contributed by atoms with Crippen LogP contribution in [-0.4, -0.2) is 64.3 Å². The number of aliphatic carboxylic acids is 1. The van der Waals surface area contributed by atoms with E-state index in [0.29, 0.717) is 43.6 Å². The summed E-state index contributed by atoms with van der Waals surface area (Å²) in [5.74, 6) is -1.43. The second kappa shape index (κ2) is 14.2. The van der Waals surface area contributed by atoms with Crippen LogP contribution < -0.4 is 10.9 Å². The van der Waals surface area contributed by atoms with Crippen molar-refractivity contribution < 1.29 is 19.4 Å². The summed E-state index contributed by atoms with van der Waals surface area (Å²) in [6, 6.07) is 9.98. The van der Waals surface area contributed by atoms with Gasteiger partial charge in [0.15, 0.2) is 0 Å². The molecule has 0 radical (unpaired) electrons. The number of pyridine rings is 2. The van der Waals surface area contributed by atoms with Crippen molar-refractivity contribution in [3.63, 3.8) is 0 Å². The third-order valence-electron chi connectivity index (χ3n) is 7.68. The van der Waals surface area contributed by atoms with Gasteiger partial charge < -0.3 is 19.7 Å². The summed E-state index contributed by atoms with van der Waals surface area (Å²) in [6.07, 6.45) is 6.39. The van der Waals surface area contributed by atoms with Crippen molar-refractivity contribution in [1.29, 1.82) is 0 Å². The van der Waals surface area contributed by atoms with Gasteiger partial charge >= 0.3 is 5.97 Å². The number of nitrogens with zero attached hydrogens (tertiary/aromatic N) is 3. The second-order valence-electron chi connectivity index (χ2n) is 10.7. The third-order valence-corrected chi connectivity index (χ3v) is 7.68. The van der Waals surface area contributed by atoms with Gasteiger partial charge in [-0.25, -0.2) is 0 Å². The summed E-state index contributed by atoms with van der Waals surface area (Å²) in [4.78, 5) is 45.7. The average Bonchev–Trinajstić information content (AvgIpc) is 2.95. The molecule has 41 heavy (non-hydrogen) atoms. The molecule has 2 aromatic heterocycles. The maximum atomic E-state index is 13.7. The van der Waals surface area contributed by atoms with Gasteiger partial charge in [0.25, 0.3) is 5.56 Å². The minimum atomic E-state index is -1.04. The highest BCUT2D eigenvalue weighted by Gasteiger charge is 2.26. The molecule has 0 unspecified atom stereocenters. The standard InChI is InChI=1S/C32H40N4O5/c1-4-7-28(36-12-6-10-24(32(36)40)11-13-35-14-16-41-17-15-35)31(39)34-27(19-29(37)38)25-18-26(21-33-20-25)30-22(2)8-5-9-23(30)3/h5-6,8-10,12,18,20-21,27-28H,4,7,11,13-17,19H2,1-3H3,(H,34,39)(H,37,38)/t27-,28-/m0/s1. The Labute approximate surface area is 241 Å². The van der Waals surface area contributed by atoms with Crippen LogP contribution in [0.4, 0.5) is 0 Å². The number of carboxylic acid groups (broad SMARTS) is 1. The molecule has 3 aromatic rings. The maximum Gasteiger partial charge on any atom is 0.305 e. The smallest absolute Gasteiger partial charge is 0.305 e. The molecule has 4 rings (SSSR count). The van der Waals surface area contributed by atoms with Crippen molar-refractivity contribution in [2.24, 2.45) is 0 Å². The molecule has 1 aliphatic heterocycles. The van der Waals surface area contributed by atoms with Crippen LogP contribution in [0.3, 0.4) is 0 Å². The molecular formula is C32H40N4O5. The van der Waals surface area contributed by atoms with E-state index < -0.39 is 18.1 Å². The van der Waals surface area contributed by atoms with Crippen LogP contribution in [0.5, 0.6) is 0 Å². The molecule has 0 saturated carbocycles. The molecule has 2 N–H and O–H groups in total. The van der Waals surface area contributed by atoms with Crippen LogP contribution >= 0.6 is 0 Å². The van der Waals surface area contributed by atoms with Crippen LogP contribution in [0.1, 0.15) is 60.5 Å². The van der Waals surface area contributed by atoms with Gasteiger partial charge in [0.2, 0.25) is 5.91 Å². The van der Waals surface area contributed by atoms with Crippen molar-refractivity contribution in [3.05, 3.63) is 87.6 Å². The van der Waals surface area contributed by atoms with Crippen LogP contribution in [0.2, 0.25) is 0 Å². The third kappa shape index (κ3) is 7.68. The number of morpholine rings is 1. The lowest BCUT2D eigenvalue weighted by atomic mass is 9.94. The Hall–Kier alpha value is -3.82. The summed E-state index contributed by atoms with van der Waals surface area (Å²) < 4.78 is 6.91. The molecule has 1 fully saturated rings. The van der Waals surface area contributed by atoms with E-state index in [2.05, 4.69) is 15.2 Å². The maximum absolute atomic E-state index is 13.7. The summed E-state index contributed by atoms with van der Waals surface area (Å²) >= 11 is 0. The van der Waals surface area contributed by atoms with E-state index in [1.54, 1.807) is 24.7 Å². The highest BCUT2D eigenvalue weighted by molar-refractivity contribution is 5.82. The van der Waals surface area contributed by atoms with E-state index in [1.807, 2.05) is 51.1 Å². The molecule has 9 heteroatoms. The number of amides is 1. The molecule has 1 aliphatic rings. The summed E-state index contributed by atoms with van der Waals surface area (Å²) in [6.45, 7) is 9.81. The molecule has 3 heterocycles. The minimum absolute atomic E-state index is 0.192. The predicted octanol–water partition coefficient (Wildman–Crippen LogP) is 4.08. The first-order valence-electron chi connectivity index (χ1n) is 14.3. The number of ether oxygens (including phenoxy) is 1. The average molecular weight is 561 g/mol. The highest BCUT2D eigenvalue weighted by Crippen LogP contribution is 2.29. The minimum Gasteiger partial charge on any atom is -0.481 e. The molecule has 0 aliphatic carbocycles. The molecule has 1 saturated heterocycles. The number of carbonyl (C=O) groups is 2. The zero-order chi connectivity index (χ0) is 29.4. The Bertz CT molecular complexity index is 1390. The van der Waals surface area contributed by atoms with Crippen molar-refractivity contribution >= 4 is 11.9 Å². The number of hydrogen-bond donors (Lipinski definition) is 2. The number of nitrogens with one attached hydrogen (secondary N) is 1. The van der Waals surface area contributed by atoms with Crippen LogP contribution in [0.15, 0.2) is 59.8 Å². The molecule has 1 amide bonds. The van der Waals surface area contributed by atoms with E-state index >= 15 is 0 Å². The first-order valence-corrected chi connectivity index (χ1v) is 14.3. The molecule has 218 valence electrons. The Morgan fingerprint density at radius 3 is 2.51 bits per heavy atom. The number of carbonyl (C=O) groups excluding carboxylic acids is 1. The number of carboxylic acids is 1. The number of benzene rings is 1. The van der Waals surface area contributed by atoms with Crippen LogP contribution in [-0.2, 0) is 20.7 Å². The molecule has 1 aromatic carbocycles. The van der Waals surface area contributed by atoms with Crippen molar-refractivity contribution in [2.45, 2.75) is 58.5 Å². The van der Waals surface area contributed by atoms with E-state index in [1.165, 1.54) is 4.57 Å². The number of rotatable bonds is 12. The fourth-order valence-corrected chi connectivity index (χ4v) is 5.52. The first kappa shape index (κ1) is 30.1. The van der Waals surface area contributed by atoms with Crippen molar-refractivity contribution in [3.8, 4) is 11.1 Å². The number of hydrogen-bond acceptors (Lipinski definition) is 6. The van der Waals surface area contributed by atoms with Crippen LogP contribution in [0.25, 0.3) is 11.1 Å². The van der Waals surface area contributed by atoms with Crippen molar-refractivity contribution in [1.82, 2.24) is 19.8 Å². The Morgan fingerprint density at radius 2 is 1.83 bits per heavy atom. The molecule has 9 nitrogen and oxygen atoms in total. The molecule has 0 spiro atoms. The lowest BCUT2D eigenvalue weighted by molar-refractivity contribution is -0.138. The molecule has 2 atom stereocenters. The van der Waals surface area contributed by atoms with Gasteiger partial charge in [-0.3, -0.25) is 24.3 Å². The Balaban J connectivity index is 1.59. The Morgan fingerprint density at radius 1 is 1.10 bits per heavy atom. The van der Waals surface area contributed by atoms with Gasteiger partial charge in [0.1, 0.15) is 6.04 Å². The van der Waals surface area contributed by atoms with E-state index in [9.17, 15) is 19.5 Å². The lowest BCUT2D eigenvalue weighted by Crippen LogP contribution is -2.41. The highest BCUT2D eigenvalue weighted by atomic mass is 16.5.